The van der Waals surface area contributed by atoms with Crippen molar-refractivity contribution in [3.8, 4) is 5.75 Å². The molecule has 0 aliphatic heterocycles. The van der Waals surface area contributed by atoms with Crippen LogP contribution in [0, 0.1) is 13.8 Å². The highest BCUT2D eigenvalue weighted by Gasteiger charge is 2.19. The Kier molecular flexibility index (Phi) is 5.45. The van der Waals surface area contributed by atoms with Crippen molar-refractivity contribution in [3.05, 3.63) is 58.6 Å². The summed E-state index contributed by atoms with van der Waals surface area (Å²) in [6.07, 6.45) is 0.0420. The molecule has 0 radical (unpaired) electrons. The quantitative estimate of drug-likeness (QED) is 0.864. The molecule has 0 heterocycles. The van der Waals surface area contributed by atoms with Gasteiger partial charge in [0.05, 0.1) is 0 Å². The van der Waals surface area contributed by atoms with Gasteiger partial charge in [-0.25, -0.2) is 0 Å². The molecule has 22 heavy (non-hydrogen) atoms. The van der Waals surface area contributed by atoms with Crippen molar-refractivity contribution in [1.82, 2.24) is 0 Å². The zero-order valence-electron chi connectivity index (χ0n) is 13.0. The number of rotatable bonds is 5. The third-order valence-corrected chi connectivity index (χ3v) is 3.90. The van der Waals surface area contributed by atoms with Crippen LogP contribution in [-0.4, -0.2) is 12.0 Å². The highest BCUT2D eigenvalue weighted by Crippen LogP contribution is 2.23. The number of carbonyl (C=O) groups is 1. The molecule has 2 aromatic rings. The van der Waals surface area contributed by atoms with Gasteiger partial charge in [0.1, 0.15) is 5.75 Å². The fourth-order valence-corrected chi connectivity index (χ4v) is 2.23. The van der Waals surface area contributed by atoms with E-state index in [0.717, 1.165) is 11.1 Å². The number of amides is 1. The highest BCUT2D eigenvalue weighted by molar-refractivity contribution is 6.31. The first kappa shape index (κ1) is 16.4. The largest absolute Gasteiger partial charge is 0.481 e. The summed E-state index contributed by atoms with van der Waals surface area (Å²) in [4.78, 5) is 12.4. The fourth-order valence-electron chi connectivity index (χ4n) is 2.06. The van der Waals surface area contributed by atoms with Gasteiger partial charge in [-0.2, -0.15) is 0 Å². The molecular formula is C18H20ClNO2. The Hall–Kier alpha value is -2.00. The van der Waals surface area contributed by atoms with Gasteiger partial charge in [-0.1, -0.05) is 42.3 Å². The van der Waals surface area contributed by atoms with Crippen LogP contribution in [0.2, 0.25) is 5.02 Å². The molecule has 1 amide bonds. The SMILES string of the molecule is CCC(Oc1ccc(C)cc1)C(=O)Nc1cccc(Cl)c1C. The van der Waals surface area contributed by atoms with Crippen molar-refractivity contribution < 1.29 is 9.53 Å². The molecule has 1 unspecified atom stereocenters. The lowest BCUT2D eigenvalue weighted by Crippen LogP contribution is -2.32. The molecular weight excluding hydrogens is 298 g/mol. The Labute approximate surface area is 136 Å². The molecule has 0 bridgehead atoms. The smallest absolute Gasteiger partial charge is 0.265 e. The summed E-state index contributed by atoms with van der Waals surface area (Å²) in [6, 6.07) is 13.1. The van der Waals surface area contributed by atoms with Crippen LogP contribution in [0.3, 0.4) is 0 Å². The molecule has 0 saturated carbocycles. The molecule has 0 aliphatic carbocycles. The molecule has 0 aliphatic rings. The van der Waals surface area contributed by atoms with Gasteiger partial charge in [0.2, 0.25) is 0 Å². The summed E-state index contributed by atoms with van der Waals surface area (Å²) >= 11 is 6.07. The topological polar surface area (TPSA) is 38.3 Å². The van der Waals surface area contributed by atoms with E-state index in [1.54, 1.807) is 6.07 Å². The summed E-state index contributed by atoms with van der Waals surface area (Å²) in [7, 11) is 0. The van der Waals surface area contributed by atoms with Gasteiger partial charge in [-0.3, -0.25) is 4.79 Å². The van der Waals surface area contributed by atoms with Crippen molar-refractivity contribution >= 4 is 23.2 Å². The number of anilines is 1. The third kappa shape index (κ3) is 4.01. The van der Waals surface area contributed by atoms with Crippen LogP contribution in [0.15, 0.2) is 42.5 Å². The van der Waals surface area contributed by atoms with Crippen LogP contribution in [0.25, 0.3) is 0 Å². The van der Waals surface area contributed by atoms with Crippen molar-refractivity contribution in [3.63, 3.8) is 0 Å². The lowest BCUT2D eigenvalue weighted by molar-refractivity contribution is -0.122. The number of hydrogen-bond donors (Lipinski definition) is 1. The molecule has 1 atom stereocenters. The first-order valence-corrected chi connectivity index (χ1v) is 7.68. The zero-order valence-corrected chi connectivity index (χ0v) is 13.8. The number of nitrogens with one attached hydrogen (secondary N) is 1. The van der Waals surface area contributed by atoms with Crippen molar-refractivity contribution in [1.29, 1.82) is 0 Å². The van der Waals surface area contributed by atoms with E-state index in [9.17, 15) is 4.79 Å². The average Bonchev–Trinajstić information content (AvgIpc) is 2.51. The molecule has 0 saturated heterocycles. The lowest BCUT2D eigenvalue weighted by Gasteiger charge is -2.18. The summed E-state index contributed by atoms with van der Waals surface area (Å²) in [6.45, 7) is 5.80. The van der Waals surface area contributed by atoms with Crippen molar-refractivity contribution in [2.45, 2.75) is 33.3 Å². The maximum absolute atomic E-state index is 12.4. The standard InChI is InChI=1S/C18H20ClNO2/c1-4-17(22-14-10-8-12(2)9-11-14)18(21)20-16-7-5-6-15(19)13(16)3/h5-11,17H,4H2,1-3H3,(H,20,21). The molecule has 2 aromatic carbocycles. The molecule has 1 N–H and O–H groups in total. The highest BCUT2D eigenvalue weighted by atomic mass is 35.5. The number of benzene rings is 2. The monoisotopic (exact) mass is 317 g/mol. The molecule has 0 fully saturated rings. The summed E-state index contributed by atoms with van der Waals surface area (Å²) in [5.74, 6) is 0.517. The second-order valence-corrected chi connectivity index (χ2v) is 5.64. The van der Waals surface area contributed by atoms with Gasteiger partial charge in [0, 0.05) is 10.7 Å². The number of ether oxygens (including phenoxy) is 1. The van der Waals surface area contributed by atoms with Crippen molar-refractivity contribution in [2.75, 3.05) is 5.32 Å². The minimum Gasteiger partial charge on any atom is -0.481 e. The Balaban J connectivity index is 2.08. The molecule has 4 heteroatoms. The van der Waals surface area contributed by atoms with E-state index in [0.29, 0.717) is 22.9 Å². The molecule has 3 nitrogen and oxygen atoms in total. The minimum atomic E-state index is -0.541. The predicted molar refractivity (Wildman–Crippen MR) is 90.7 cm³/mol. The van der Waals surface area contributed by atoms with E-state index in [4.69, 9.17) is 16.3 Å². The Morgan fingerprint density at radius 3 is 2.50 bits per heavy atom. The van der Waals surface area contributed by atoms with E-state index in [1.165, 1.54) is 0 Å². The Bertz CT molecular complexity index is 653. The van der Waals surface area contributed by atoms with Crippen molar-refractivity contribution in [2.24, 2.45) is 0 Å². The number of aryl methyl sites for hydroxylation is 1. The average molecular weight is 318 g/mol. The van der Waals surface area contributed by atoms with E-state index in [-0.39, 0.29) is 5.91 Å². The second-order valence-electron chi connectivity index (χ2n) is 5.23. The van der Waals surface area contributed by atoms with E-state index >= 15 is 0 Å². The van der Waals surface area contributed by atoms with Crippen LogP contribution in [-0.2, 0) is 4.79 Å². The fraction of sp³-hybridized carbons (Fsp3) is 0.278. The van der Waals surface area contributed by atoms with Crippen LogP contribution in [0.1, 0.15) is 24.5 Å². The molecule has 116 valence electrons. The predicted octanol–water partition coefficient (Wildman–Crippen LogP) is 4.75. The Morgan fingerprint density at radius 2 is 1.86 bits per heavy atom. The Morgan fingerprint density at radius 1 is 1.18 bits per heavy atom. The maximum atomic E-state index is 12.4. The first-order chi connectivity index (χ1) is 10.5. The summed E-state index contributed by atoms with van der Waals surface area (Å²) in [5.41, 5.74) is 2.71. The normalized spacial score (nSPS) is 11.8. The molecule has 0 spiro atoms. The maximum Gasteiger partial charge on any atom is 0.265 e. The minimum absolute atomic E-state index is 0.173. The number of carbonyl (C=O) groups excluding carboxylic acids is 1. The van der Waals surface area contributed by atoms with Gasteiger partial charge in [-0.05, 0) is 50.1 Å². The van der Waals surface area contributed by atoms with Gasteiger partial charge >= 0.3 is 0 Å². The zero-order chi connectivity index (χ0) is 16.1. The van der Waals surface area contributed by atoms with E-state index in [2.05, 4.69) is 5.32 Å². The second kappa shape index (κ2) is 7.32. The van der Waals surface area contributed by atoms with Gasteiger partial charge in [-0.15, -0.1) is 0 Å². The van der Waals surface area contributed by atoms with Crippen LogP contribution >= 0.6 is 11.6 Å². The number of halogens is 1. The van der Waals surface area contributed by atoms with E-state index in [1.807, 2.05) is 57.2 Å². The van der Waals surface area contributed by atoms with Crippen LogP contribution in [0.4, 0.5) is 5.69 Å². The number of hydrogen-bond acceptors (Lipinski definition) is 2. The van der Waals surface area contributed by atoms with E-state index < -0.39 is 6.10 Å². The van der Waals surface area contributed by atoms with Crippen LogP contribution < -0.4 is 10.1 Å². The molecule has 2 rings (SSSR count). The summed E-state index contributed by atoms with van der Waals surface area (Å²) in [5, 5.41) is 3.52. The first-order valence-electron chi connectivity index (χ1n) is 7.30. The third-order valence-electron chi connectivity index (χ3n) is 3.49. The van der Waals surface area contributed by atoms with Gasteiger partial charge in [0.25, 0.3) is 5.91 Å². The van der Waals surface area contributed by atoms with Gasteiger partial charge in [0.15, 0.2) is 6.10 Å². The van der Waals surface area contributed by atoms with Gasteiger partial charge < -0.3 is 10.1 Å². The molecule has 0 aromatic heterocycles. The summed E-state index contributed by atoms with van der Waals surface area (Å²) < 4.78 is 5.78. The lowest BCUT2D eigenvalue weighted by atomic mass is 10.2. The van der Waals surface area contributed by atoms with Crippen LogP contribution in [0.5, 0.6) is 5.75 Å².